The van der Waals surface area contributed by atoms with Crippen molar-refractivity contribution in [3.05, 3.63) is 47.2 Å². The monoisotopic (exact) mass is 311 g/mol. The highest BCUT2D eigenvalue weighted by molar-refractivity contribution is 6.05. The first-order valence-electron chi connectivity index (χ1n) is 7.92. The number of fused-ring (bicyclic) bond motifs is 1. The molecule has 0 aliphatic carbocycles. The fraction of sp³-hybridized carbons (Fsp3) is 0.389. The van der Waals surface area contributed by atoms with Crippen molar-refractivity contribution in [2.24, 2.45) is 0 Å². The molecule has 0 bridgehead atoms. The molecule has 0 atom stereocenters. The van der Waals surface area contributed by atoms with Crippen LogP contribution in [-0.2, 0) is 6.42 Å². The first kappa shape index (κ1) is 15.5. The summed E-state index contributed by atoms with van der Waals surface area (Å²) >= 11 is 0. The Kier molecular flexibility index (Phi) is 4.28. The van der Waals surface area contributed by atoms with E-state index in [1.54, 1.807) is 17.0 Å². The molecule has 5 heteroatoms. The topological polar surface area (TPSA) is 55.3 Å². The van der Waals surface area contributed by atoms with Crippen LogP contribution in [0.15, 0.2) is 30.3 Å². The number of hydrogen-bond donors (Lipinski definition) is 0. The van der Waals surface area contributed by atoms with E-state index in [0.29, 0.717) is 24.0 Å². The third kappa shape index (κ3) is 3.04. The number of hydrogen-bond acceptors (Lipinski definition) is 4. The molecule has 0 N–H and O–H groups in total. The lowest BCUT2D eigenvalue weighted by Gasteiger charge is -2.30. The Labute approximate surface area is 136 Å². The SMILES string of the molecule is COc1ccc(C(=O)N2CCCc3cc(C(C)C)ccc32)nn1. The van der Waals surface area contributed by atoms with Crippen LogP contribution in [0.2, 0.25) is 0 Å². The molecule has 1 aromatic carbocycles. The summed E-state index contributed by atoms with van der Waals surface area (Å²) < 4.78 is 4.99. The van der Waals surface area contributed by atoms with Crippen molar-refractivity contribution in [2.75, 3.05) is 18.6 Å². The highest BCUT2D eigenvalue weighted by atomic mass is 16.5. The third-order valence-electron chi connectivity index (χ3n) is 4.20. The van der Waals surface area contributed by atoms with Gasteiger partial charge in [0, 0.05) is 18.3 Å². The van der Waals surface area contributed by atoms with Gasteiger partial charge in [-0.25, -0.2) is 0 Å². The normalized spacial score (nSPS) is 13.8. The molecule has 2 aromatic rings. The zero-order valence-electron chi connectivity index (χ0n) is 13.7. The molecule has 0 saturated heterocycles. The summed E-state index contributed by atoms with van der Waals surface area (Å²) in [4.78, 5) is 14.6. The molecule has 23 heavy (non-hydrogen) atoms. The zero-order chi connectivity index (χ0) is 16.4. The number of carbonyl (C=O) groups excluding carboxylic acids is 1. The van der Waals surface area contributed by atoms with E-state index in [1.165, 1.54) is 18.2 Å². The average molecular weight is 311 g/mol. The first-order chi connectivity index (χ1) is 11.1. The largest absolute Gasteiger partial charge is 0.480 e. The van der Waals surface area contributed by atoms with Gasteiger partial charge in [0.15, 0.2) is 5.69 Å². The lowest BCUT2D eigenvalue weighted by molar-refractivity contribution is 0.0979. The van der Waals surface area contributed by atoms with Gasteiger partial charge in [0.25, 0.3) is 5.91 Å². The van der Waals surface area contributed by atoms with E-state index >= 15 is 0 Å². The van der Waals surface area contributed by atoms with Gasteiger partial charge >= 0.3 is 0 Å². The molecule has 0 spiro atoms. The van der Waals surface area contributed by atoms with E-state index in [4.69, 9.17) is 4.74 Å². The van der Waals surface area contributed by atoms with Crippen molar-refractivity contribution >= 4 is 11.6 Å². The Balaban J connectivity index is 1.91. The summed E-state index contributed by atoms with van der Waals surface area (Å²) in [5, 5.41) is 7.86. The van der Waals surface area contributed by atoms with Crippen molar-refractivity contribution < 1.29 is 9.53 Å². The molecule has 1 aliphatic heterocycles. The molecule has 0 unspecified atom stereocenters. The maximum absolute atomic E-state index is 12.8. The number of aromatic nitrogens is 2. The Bertz CT molecular complexity index is 711. The lowest BCUT2D eigenvalue weighted by atomic mass is 9.94. The number of anilines is 1. The quantitative estimate of drug-likeness (QED) is 0.873. The van der Waals surface area contributed by atoms with E-state index in [-0.39, 0.29) is 5.91 Å². The van der Waals surface area contributed by atoms with Crippen LogP contribution in [0.1, 0.15) is 47.8 Å². The number of aryl methyl sites for hydroxylation is 1. The molecule has 0 radical (unpaired) electrons. The minimum Gasteiger partial charge on any atom is -0.480 e. The minimum absolute atomic E-state index is 0.113. The number of amides is 1. The van der Waals surface area contributed by atoms with Gasteiger partial charge in [-0.05, 0) is 42.0 Å². The number of carbonyl (C=O) groups is 1. The lowest BCUT2D eigenvalue weighted by Crippen LogP contribution is -2.36. The molecular formula is C18H21N3O2. The Morgan fingerprint density at radius 2 is 2.04 bits per heavy atom. The smallest absolute Gasteiger partial charge is 0.278 e. The van der Waals surface area contributed by atoms with Crippen molar-refractivity contribution in [1.82, 2.24) is 10.2 Å². The van der Waals surface area contributed by atoms with Gasteiger partial charge in [0.05, 0.1) is 7.11 Å². The summed E-state index contributed by atoms with van der Waals surface area (Å²) in [5.41, 5.74) is 3.87. The molecule has 0 fully saturated rings. The predicted molar refractivity (Wildman–Crippen MR) is 89.1 cm³/mol. The number of nitrogens with zero attached hydrogens (tertiary/aromatic N) is 3. The predicted octanol–water partition coefficient (Wildman–Crippen LogP) is 3.20. The molecule has 120 valence electrons. The second kappa shape index (κ2) is 6.36. The van der Waals surface area contributed by atoms with Gasteiger partial charge in [0.2, 0.25) is 5.88 Å². The maximum atomic E-state index is 12.8. The first-order valence-corrected chi connectivity index (χ1v) is 7.92. The van der Waals surface area contributed by atoms with Crippen molar-refractivity contribution in [1.29, 1.82) is 0 Å². The second-order valence-corrected chi connectivity index (χ2v) is 6.06. The van der Waals surface area contributed by atoms with Crippen LogP contribution in [0.4, 0.5) is 5.69 Å². The standard InChI is InChI=1S/C18H21N3O2/c1-12(2)13-6-8-16-14(11-13)5-4-10-21(16)18(22)15-7-9-17(23-3)20-19-15/h6-9,11-12H,4-5,10H2,1-3H3. The molecule has 1 aliphatic rings. The molecule has 1 aromatic heterocycles. The molecular weight excluding hydrogens is 290 g/mol. The van der Waals surface area contributed by atoms with Crippen LogP contribution in [0, 0.1) is 0 Å². The Morgan fingerprint density at radius 1 is 1.22 bits per heavy atom. The molecule has 3 rings (SSSR count). The van der Waals surface area contributed by atoms with Gasteiger partial charge in [0.1, 0.15) is 0 Å². The third-order valence-corrected chi connectivity index (χ3v) is 4.20. The van der Waals surface area contributed by atoms with Crippen LogP contribution in [0.5, 0.6) is 5.88 Å². The van der Waals surface area contributed by atoms with E-state index in [9.17, 15) is 4.79 Å². The highest BCUT2D eigenvalue weighted by Crippen LogP contribution is 2.31. The molecule has 5 nitrogen and oxygen atoms in total. The number of methoxy groups -OCH3 is 1. The van der Waals surface area contributed by atoms with Gasteiger partial charge in [-0.15, -0.1) is 10.2 Å². The summed E-state index contributed by atoms with van der Waals surface area (Å²) in [7, 11) is 1.53. The van der Waals surface area contributed by atoms with Crippen LogP contribution in [0.3, 0.4) is 0 Å². The highest BCUT2D eigenvalue weighted by Gasteiger charge is 2.25. The van der Waals surface area contributed by atoms with Crippen LogP contribution >= 0.6 is 0 Å². The Morgan fingerprint density at radius 3 is 2.70 bits per heavy atom. The minimum atomic E-state index is -0.113. The van der Waals surface area contributed by atoms with Crippen molar-refractivity contribution in [3.63, 3.8) is 0 Å². The fourth-order valence-corrected chi connectivity index (χ4v) is 2.87. The summed E-state index contributed by atoms with van der Waals surface area (Å²) in [5.74, 6) is 0.777. The number of rotatable bonds is 3. The van der Waals surface area contributed by atoms with Crippen LogP contribution in [-0.4, -0.2) is 29.8 Å². The number of benzene rings is 1. The van der Waals surface area contributed by atoms with Gasteiger partial charge < -0.3 is 9.64 Å². The van der Waals surface area contributed by atoms with E-state index in [1.807, 2.05) is 0 Å². The molecule has 1 amide bonds. The number of ether oxygens (including phenoxy) is 1. The van der Waals surface area contributed by atoms with Crippen molar-refractivity contribution in [2.45, 2.75) is 32.6 Å². The summed E-state index contributed by atoms with van der Waals surface area (Å²) in [6.07, 6.45) is 1.97. The van der Waals surface area contributed by atoms with Gasteiger partial charge in [-0.2, -0.15) is 0 Å². The summed E-state index contributed by atoms with van der Waals surface area (Å²) in [6, 6.07) is 9.70. The molecule has 2 heterocycles. The van der Waals surface area contributed by atoms with E-state index in [2.05, 4.69) is 42.2 Å². The zero-order valence-corrected chi connectivity index (χ0v) is 13.7. The average Bonchev–Trinajstić information content (AvgIpc) is 2.60. The summed E-state index contributed by atoms with van der Waals surface area (Å²) in [6.45, 7) is 5.07. The molecule has 0 saturated carbocycles. The van der Waals surface area contributed by atoms with Crippen LogP contribution < -0.4 is 9.64 Å². The van der Waals surface area contributed by atoms with Crippen LogP contribution in [0.25, 0.3) is 0 Å². The van der Waals surface area contributed by atoms with Crippen molar-refractivity contribution in [3.8, 4) is 5.88 Å². The van der Waals surface area contributed by atoms with Gasteiger partial charge in [-0.1, -0.05) is 26.0 Å². The second-order valence-electron chi connectivity index (χ2n) is 6.06. The maximum Gasteiger partial charge on any atom is 0.278 e. The Hall–Kier alpha value is -2.43. The van der Waals surface area contributed by atoms with E-state index in [0.717, 1.165) is 18.5 Å². The fourth-order valence-electron chi connectivity index (χ4n) is 2.87. The van der Waals surface area contributed by atoms with E-state index < -0.39 is 0 Å². The van der Waals surface area contributed by atoms with Gasteiger partial charge in [-0.3, -0.25) is 4.79 Å².